The van der Waals surface area contributed by atoms with Crippen LogP contribution in [-0.4, -0.2) is 31.8 Å². The van der Waals surface area contributed by atoms with Crippen LogP contribution < -0.4 is 4.90 Å². The van der Waals surface area contributed by atoms with Gasteiger partial charge in [0.1, 0.15) is 6.10 Å². The minimum atomic E-state index is -0.759. The lowest BCUT2D eigenvalue weighted by Gasteiger charge is -2.16. The van der Waals surface area contributed by atoms with Crippen LogP contribution >= 0.6 is 15.9 Å². The predicted octanol–water partition coefficient (Wildman–Crippen LogP) is 2.34. The summed E-state index contributed by atoms with van der Waals surface area (Å²) in [5.74, 6) is -0.0637. The molecule has 1 saturated heterocycles. The van der Waals surface area contributed by atoms with Gasteiger partial charge >= 0.3 is 6.16 Å². The fraction of sp³-hybridized carbons (Fsp3) is 0.333. The number of anilines is 1. The molecule has 0 spiro atoms. The average Bonchev–Trinajstić information content (AvgIpc) is 2.71. The van der Waals surface area contributed by atoms with Gasteiger partial charge in [0, 0.05) is 10.2 Å². The summed E-state index contributed by atoms with van der Waals surface area (Å²) in [6.07, 6.45) is -1.02. The van der Waals surface area contributed by atoms with Crippen molar-refractivity contribution in [3.8, 4) is 0 Å². The highest BCUT2D eigenvalue weighted by Gasteiger charge is 2.33. The molecule has 0 aliphatic carbocycles. The van der Waals surface area contributed by atoms with E-state index in [4.69, 9.17) is 4.74 Å². The summed E-state index contributed by atoms with van der Waals surface area (Å²) < 4.78 is 10.3. The van der Waals surface area contributed by atoms with Crippen LogP contribution in [0.4, 0.5) is 10.5 Å². The highest BCUT2D eigenvalue weighted by atomic mass is 79.9. The second-order valence-corrected chi connectivity index (χ2v) is 4.79. The van der Waals surface area contributed by atoms with Crippen molar-refractivity contribution in [1.82, 2.24) is 0 Å². The van der Waals surface area contributed by atoms with Crippen LogP contribution in [0.1, 0.15) is 6.42 Å². The predicted molar refractivity (Wildman–Crippen MR) is 68.4 cm³/mol. The highest BCUT2D eigenvalue weighted by Crippen LogP contribution is 2.24. The number of ether oxygens (including phenoxy) is 2. The van der Waals surface area contributed by atoms with E-state index in [1.54, 1.807) is 4.90 Å². The Labute approximate surface area is 113 Å². The van der Waals surface area contributed by atoms with E-state index in [1.165, 1.54) is 7.11 Å². The summed E-state index contributed by atoms with van der Waals surface area (Å²) in [5, 5.41) is 0. The number of rotatable bonds is 2. The van der Waals surface area contributed by atoms with Gasteiger partial charge in [0.25, 0.3) is 0 Å². The van der Waals surface area contributed by atoms with Crippen LogP contribution in [0, 0.1) is 0 Å². The lowest BCUT2D eigenvalue weighted by molar-refractivity contribution is -0.117. The molecule has 0 saturated carbocycles. The molecule has 0 aromatic heterocycles. The Hall–Kier alpha value is -1.56. The number of amides is 1. The van der Waals surface area contributed by atoms with E-state index in [1.807, 2.05) is 24.3 Å². The van der Waals surface area contributed by atoms with Gasteiger partial charge in [0.2, 0.25) is 5.91 Å². The zero-order valence-corrected chi connectivity index (χ0v) is 11.3. The van der Waals surface area contributed by atoms with Crippen molar-refractivity contribution in [2.75, 3.05) is 18.6 Å². The summed E-state index contributed by atoms with van der Waals surface area (Å²) >= 11 is 3.33. The molecule has 0 bridgehead atoms. The number of benzene rings is 1. The monoisotopic (exact) mass is 313 g/mol. The van der Waals surface area contributed by atoms with Crippen LogP contribution in [-0.2, 0) is 14.3 Å². The summed E-state index contributed by atoms with van der Waals surface area (Å²) in [4.78, 5) is 24.4. The van der Waals surface area contributed by atoms with E-state index in [0.29, 0.717) is 6.54 Å². The SMILES string of the molecule is COC(=O)OC1CC(=O)N(c2ccc(Br)cc2)C1. The van der Waals surface area contributed by atoms with Gasteiger partial charge in [-0.25, -0.2) is 4.79 Å². The summed E-state index contributed by atoms with van der Waals surface area (Å²) in [7, 11) is 1.24. The molecule has 5 nitrogen and oxygen atoms in total. The molecule has 1 fully saturated rings. The molecule has 1 atom stereocenters. The van der Waals surface area contributed by atoms with Gasteiger partial charge in [-0.1, -0.05) is 15.9 Å². The fourth-order valence-corrected chi connectivity index (χ4v) is 2.07. The third-order valence-electron chi connectivity index (χ3n) is 2.66. The molecule has 1 aliphatic rings. The molecule has 1 unspecified atom stereocenters. The van der Waals surface area contributed by atoms with Crippen molar-refractivity contribution in [2.24, 2.45) is 0 Å². The molecule has 1 amide bonds. The Morgan fingerprint density at radius 2 is 2.06 bits per heavy atom. The summed E-state index contributed by atoms with van der Waals surface area (Å²) in [6, 6.07) is 7.39. The molecule has 96 valence electrons. The fourth-order valence-electron chi connectivity index (χ4n) is 1.81. The molecule has 0 N–H and O–H groups in total. The van der Waals surface area contributed by atoms with E-state index >= 15 is 0 Å². The van der Waals surface area contributed by atoms with E-state index in [9.17, 15) is 9.59 Å². The zero-order valence-electron chi connectivity index (χ0n) is 9.76. The molecule has 1 aromatic rings. The summed E-state index contributed by atoms with van der Waals surface area (Å²) in [6.45, 7) is 0.357. The normalized spacial score (nSPS) is 18.9. The van der Waals surface area contributed by atoms with Crippen LogP contribution in [0.5, 0.6) is 0 Å². The lowest BCUT2D eigenvalue weighted by atomic mass is 10.3. The molecule has 1 aromatic carbocycles. The van der Waals surface area contributed by atoms with E-state index in [-0.39, 0.29) is 12.3 Å². The first-order valence-corrected chi connectivity index (χ1v) is 6.20. The van der Waals surface area contributed by atoms with Crippen molar-refractivity contribution >= 4 is 33.7 Å². The molecule has 1 aliphatic heterocycles. The first-order chi connectivity index (χ1) is 8.60. The van der Waals surface area contributed by atoms with Gasteiger partial charge in [-0.2, -0.15) is 0 Å². The largest absolute Gasteiger partial charge is 0.508 e. The third-order valence-corrected chi connectivity index (χ3v) is 3.19. The quantitative estimate of drug-likeness (QED) is 0.786. The number of carbonyl (C=O) groups excluding carboxylic acids is 2. The topological polar surface area (TPSA) is 55.8 Å². The van der Waals surface area contributed by atoms with Crippen molar-refractivity contribution in [3.63, 3.8) is 0 Å². The van der Waals surface area contributed by atoms with E-state index in [0.717, 1.165) is 10.2 Å². The van der Waals surface area contributed by atoms with Gasteiger partial charge in [-0.05, 0) is 24.3 Å². The molecule has 1 heterocycles. The van der Waals surface area contributed by atoms with Crippen molar-refractivity contribution in [1.29, 1.82) is 0 Å². The minimum Gasteiger partial charge on any atom is -0.438 e. The lowest BCUT2D eigenvalue weighted by Crippen LogP contribution is -2.26. The van der Waals surface area contributed by atoms with Crippen molar-refractivity contribution in [2.45, 2.75) is 12.5 Å². The molecular weight excluding hydrogens is 302 g/mol. The Balaban J connectivity index is 2.05. The molecule has 0 radical (unpaired) electrons. The van der Waals surface area contributed by atoms with Gasteiger partial charge in [0.15, 0.2) is 0 Å². The Bertz CT molecular complexity index is 460. The first-order valence-electron chi connectivity index (χ1n) is 5.40. The van der Waals surface area contributed by atoms with Crippen LogP contribution in [0.15, 0.2) is 28.7 Å². The van der Waals surface area contributed by atoms with Gasteiger partial charge in [-0.3, -0.25) is 4.79 Å². The molecule has 6 heteroatoms. The number of methoxy groups -OCH3 is 1. The van der Waals surface area contributed by atoms with Crippen molar-refractivity contribution < 1.29 is 19.1 Å². The second kappa shape index (κ2) is 5.39. The van der Waals surface area contributed by atoms with Crippen molar-refractivity contribution in [3.05, 3.63) is 28.7 Å². The minimum absolute atomic E-state index is 0.0637. The maximum Gasteiger partial charge on any atom is 0.508 e. The Kier molecular flexibility index (Phi) is 3.86. The van der Waals surface area contributed by atoms with Gasteiger partial charge in [-0.15, -0.1) is 0 Å². The first kappa shape index (κ1) is 12.9. The van der Waals surface area contributed by atoms with E-state index < -0.39 is 12.3 Å². The number of hydrogen-bond donors (Lipinski definition) is 0. The third kappa shape index (κ3) is 2.81. The number of nitrogens with zero attached hydrogens (tertiary/aromatic N) is 1. The highest BCUT2D eigenvalue weighted by molar-refractivity contribution is 9.10. The standard InChI is InChI=1S/C12H12BrNO4/c1-17-12(16)18-10-6-11(15)14(7-10)9-4-2-8(13)3-5-9/h2-5,10H,6-7H2,1H3. The second-order valence-electron chi connectivity index (χ2n) is 3.88. The maximum absolute atomic E-state index is 11.8. The van der Waals surface area contributed by atoms with Crippen LogP contribution in [0.2, 0.25) is 0 Å². The smallest absolute Gasteiger partial charge is 0.438 e. The van der Waals surface area contributed by atoms with Crippen LogP contribution in [0.3, 0.4) is 0 Å². The zero-order chi connectivity index (χ0) is 13.1. The molecule has 2 rings (SSSR count). The Morgan fingerprint density at radius 1 is 1.39 bits per heavy atom. The molecule has 18 heavy (non-hydrogen) atoms. The molecular formula is C12H12BrNO4. The maximum atomic E-state index is 11.8. The van der Waals surface area contributed by atoms with Gasteiger partial charge in [0.05, 0.1) is 20.1 Å². The number of halogens is 1. The Morgan fingerprint density at radius 3 is 2.67 bits per heavy atom. The van der Waals surface area contributed by atoms with Gasteiger partial charge < -0.3 is 14.4 Å². The van der Waals surface area contributed by atoms with E-state index in [2.05, 4.69) is 20.7 Å². The number of carbonyl (C=O) groups is 2. The van der Waals surface area contributed by atoms with Crippen LogP contribution in [0.25, 0.3) is 0 Å². The number of hydrogen-bond acceptors (Lipinski definition) is 4. The summed E-state index contributed by atoms with van der Waals surface area (Å²) in [5.41, 5.74) is 0.791. The average molecular weight is 314 g/mol.